The largest absolute Gasteiger partial charge is 0.437 e. The molecule has 0 bridgehead atoms. The predicted octanol–water partition coefficient (Wildman–Crippen LogP) is 5.51. The normalized spacial score (nSPS) is 11.7. The molecule has 4 rings (SSSR count). The van der Waals surface area contributed by atoms with E-state index in [9.17, 15) is 0 Å². The molecular weight excluding hydrogens is 346 g/mol. The Morgan fingerprint density at radius 1 is 1.04 bits per heavy atom. The number of nitrogens with zero attached hydrogens (tertiary/aromatic N) is 3. The van der Waals surface area contributed by atoms with Crippen LogP contribution in [0.1, 0.15) is 28.4 Å². The van der Waals surface area contributed by atoms with Crippen LogP contribution >= 0.6 is 11.6 Å². The van der Waals surface area contributed by atoms with Crippen LogP contribution in [0.5, 0.6) is 0 Å². The first-order valence-electron chi connectivity index (χ1n) is 8.43. The fraction of sp³-hybridized carbons (Fsp3) is 0.143. The molecule has 0 aliphatic rings. The first-order chi connectivity index (χ1) is 12.6. The summed E-state index contributed by atoms with van der Waals surface area (Å²) < 4.78 is 7.72. The predicted molar refractivity (Wildman–Crippen MR) is 105 cm³/mol. The van der Waals surface area contributed by atoms with Gasteiger partial charge >= 0.3 is 0 Å². The lowest BCUT2D eigenvalue weighted by molar-refractivity contribution is 0.589. The summed E-state index contributed by atoms with van der Waals surface area (Å²) in [6.07, 6.45) is 3.89. The van der Waals surface area contributed by atoms with Gasteiger partial charge in [0, 0.05) is 22.4 Å². The number of rotatable bonds is 4. The van der Waals surface area contributed by atoms with Gasteiger partial charge in [0.05, 0.1) is 12.2 Å². The second-order valence-corrected chi connectivity index (χ2v) is 6.59. The molecule has 4 nitrogen and oxygen atoms in total. The van der Waals surface area contributed by atoms with Crippen LogP contribution in [-0.2, 0) is 6.54 Å². The minimum absolute atomic E-state index is 0.587. The lowest BCUT2D eigenvalue weighted by Gasteiger charge is -2.06. The molecule has 4 aromatic rings. The van der Waals surface area contributed by atoms with Crippen molar-refractivity contribution in [3.8, 4) is 0 Å². The summed E-state index contributed by atoms with van der Waals surface area (Å²) in [6, 6.07) is 15.6. The van der Waals surface area contributed by atoms with E-state index in [4.69, 9.17) is 16.0 Å². The van der Waals surface area contributed by atoms with Crippen LogP contribution in [0.3, 0.4) is 0 Å². The van der Waals surface area contributed by atoms with Crippen LogP contribution in [0.2, 0.25) is 5.02 Å². The van der Waals surface area contributed by atoms with Crippen LogP contribution in [0, 0.1) is 13.8 Å². The summed E-state index contributed by atoms with van der Waals surface area (Å²) in [4.78, 5) is 4.48. The molecule has 0 radical (unpaired) electrons. The highest BCUT2D eigenvalue weighted by Crippen LogP contribution is 2.22. The van der Waals surface area contributed by atoms with Gasteiger partial charge in [-0.2, -0.15) is 5.10 Å². The first-order valence-corrected chi connectivity index (χ1v) is 8.80. The molecular formula is C21H18ClN3O. The summed E-state index contributed by atoms with van der Waals surface area (Å²) >= 11 is 6.28. The number of hydrogen-bond donors (Lipinski definition) is 0. The van der Waals surface area contributed by atoms with E-state index in [0.29, 0.717) is 12.4 Å². The van der Waals surface area contributed by atoms with Gasteiger partial charge in [-0.3, -0.25) is 4.68 Å². The van der Waals surface area contributed by atoms with Crippen LogP contribution in [0.15, 0.2) is 52.9 Å². The maximum Gasteiger partial charge on any atom is 0.220 e. The highest BCUT2D eigenvalue weighted by atomic mass is 35.5. The van der Waals surface area contributed by atoms with E-state index in [2.05, 4.69) is 17.0 Å². The lowest BCUT2D eigenvalue weighted by atomic mass is 10.1. The highest BCUT2D eigenvalue weighted by Gasteiger charge is 2.11. The van der Waals surface area contributed by atoms with Gasteiger partial charge in [0.25, 0.3) is 0 Å². The van der Waals surface area contributed by atoms with E-state index in [1.807, 2.05) is 72.3 Å². The summed E-state index contributed by atoms with van der Waals surface area (Å²) in [5.74, 6) is 0.587. The Morgan fingerprint density at radius 3 is 2.62 bits per heavy atom. The molecule has 0 fully saturated rings. The molecule has 0 atom stereocenters. The number of fused-ring (bicyclic) bond motifs is 1. The molecule has 0 saturated carbocycles. The number of hydrogen-bond acceptors (Lipinski definition) is 3. The van der Waals surface area contributed by atoms with Crippen LogP contribution in [-0.4, -0.2) is 14.8 Å². The van der Waals surface area contributed by atoms with Gasteiger partial charge < -0.3 is 4.42 Å². The molecule has 0 aliphatic heterocycles. The minimum atomic E-state index is 0.587. The zero-order valence-corrected chi connectivity index (χ0v) is 15.4. The summed E-state index contributed by atoms with van der Waals surface area (Å²) in [6.45, 7) is 4.70. The van der Waals surface area contributed by atoms with Gasteiger partial charge in [0.1, 0.15) is 5.52 Å². The van der Waals surface area contributed by atoms with Crippen molar-refractivity contribution < 1.29 is 4.42 Å². The molecule has 0 spiro atoms. The number of para-hydroxylation sites is 2. The van der Waals surface area contributed by atoms with E-state index >= 15 is 0 Å². The number of aromatic nitrogens is 3. The van der Waals surface area contributed by atoms with Crippen molar-refractivity contribution >= 4 is 34.9 Å². The van der Waals surface area contributed by atoms with Crippen molar-refractivity contribution in [2.75, 3.05) is 0 Å². The molecule has 0 amide bonds. The zero-order valence-electron chi connectivity index (χ0n) is 14.6. The number of oxazole rings is 1. The van der Waals surface area contributed by atoms with Gasteiger partial charge in [-0.25, -0.2) is 4.98 Å². The van der Waals surface area contributed by atoms with Gasteiger partial charge in [-0.05, 0) is 43.7 Å². The van der Waals surface area contributed by atoms with Crippen molar-refractivity contribution in [2.45, 2.75) is 20.4 Å². The standard InChI is InChI=1S/C21H18ClN3O/c1-14-17(11-12-21-23-19-9-5-6-10-20(19)26-21)15(2)25(24-14)13-16-7-3-4-8-18(16)22/h3-12H,13H2,1-2H3/b12-11+. The molecule has 0 unspecified atom stereocenters. The second-order valence-electron chi connectivity index (χ2n) is 6.19. The molecule has 2 aromatic heterocycles. The van der Waals surface area contributed by atoms with E-state index in [0.717, 1.165) is 38.6 Å². The Morgan fingerprint density at radius 2 is 1.81 bits per heavy atom. The molecule has 26 heavy (non-hydrogen) atoms. The van der Waals surface area contributed by atoms with Crippen molar-refractivity contribution in [2.24, 2.45) is 0 Å². The number of benzene rings is 2. The molecule has 0 saturated heterocycles. The summed E-state index contributed by atoms with van der Waals surface area (Å²) in [7, 11) is 0. The first kappa shape index (κ1) is 16.6. The third-order valence-corrected chi connectivity index (χ3v) is 4.79. The molecule has 5 heteroatoms. The molecule has 130 valence electrons. The Labute approximate surface area is 156 Å². The van der Waals surface area contributed by atoms with Crippen molar-refractivity contribution in [3.05, 3.63) is 82.0 Å². The molecule has 0 aliphatic carbocycles. The van der Waals surface area contributed by atoms with Crippen LogP contribution in [0.4, 0.5) is 0 Å². The van der Waals surface area contributed by atoms with E-state index < -0.39 is 0 Å². The van der Waals surface area contributed by atoms with Gasteiger partial charge in [0.2, 0.25) is 5.89 Å². The average molecular weight is 364 g/mol. The maximum absolute atomic E-state index is 6.28. The van der Waals surface area contributed by atoms with Gasteiger partial charge in [0.15, 0.2) is 5.58 Å². The van der Waals surface area contributed by atoms with E-state index in [1.54, 1.807) is 0 Å². The minimum Gasteiger partial charge on any atom is -0.437 e. The Hall–Kier alpha value is -2.85. The smallest absolute Gasteiger partial charge is 0.220 e. The molecule has 2 aromatic carbocycles. The Kier molecular flexibility index (Phi) is 4.35. The number of halogens is 1. The SMILES string of the molecule is Cc1nn(Cc2ccccc2Cl)c(C)c1/C=C/c1nc2ccccc2o1. The van der Waals surface area contributed by atoms with Gasteiger partial charge in [-0.1, -0.05) is 41.9 Å². The maximum atomic E-state index is 6.28. The third kappa shape index (κ3) is 3.16. The molecule has 0 N–H and O–H groups in total. The Bertz CT molecular complexity index is 1070. The fourth-order valence-corrected chi connectivity index (χ4v) is 3.21. The summed E-state index contributed by atoms with van der Waals surface area (Å²) in [5, 5.41) is 5.41. The third-order valence-electron chi connectivity index (χ3n) is 4.42. The highest BCUT2D eigenvalue weighted by molar-refractivity contribution is 6.31. The van der Waals surface area contributed by atoms with Crippen molar-refractivity contribution in [1.82, 2.24) is 14.8 Å². The topological polar surface area (TPSA) is 43.9 Å². The van der Waals surface area contributed by atoms with E-state index in [-0.39, 0.29) is 0 Å². The van der Waals surface area contributed by atoms with Crippen molar-refractivity contribution in [1.29, 1.82) is 0 Å². The zero-order chi connectivity index (χ0) is 18.1. The molecule has 2 heterocycles. The number of aryl methyl sites for hydroxylation is 1. The van der Waals surface area contributed by atoms with Crippen LogP contribution in [0.25, 0.3) is 23.3 Å². The lowest BCUT2D eigenvalue weighted by Crippen LogP contribution is -2.04. The Balaban J connectivity index is 1.63. The summed E-state index contributed by atoms with van der Waals surface area (Å²) in [5.41, 5.74) is 5.80. The fourth-order valence-electron chi connectivity index (χ4n) is 3.01. The van der Waals surface area contributed by atoms with E-state index in [1.165, 1.54) is 0 Å². The van der Waals surface area contributed by atoms with Gasteiger partial charge in [-0.15, -0.1) is 0 Å². The monoisotopic (exact) mass is 363 g/mol. The average Bonchev–Trinajstić information content (AvgIpc) is 3.16. The van der Waals surface area contributed by atoms with Crippen LogP contribution < -0.4 is 0 Å². The quantitative estimate of drug-likeness (QED) is 0.480. The van der Waals surface area contributed by atoms with Crippen molar-refractivity contribution in [3.63, 3.8) is 0 Å². The second kappa shape index (κ2) is 6.81.